The van der Waals surface area contributed by atoms with Crippen LogP contribution in [0.1, 0.15) is 108 Å². The van der Waals surface area contributed by atoms with Crippen LogP contribution in [0.5, 0.6) is 0 Å². The summed E-state index contributed by atoms with van der Waals surface area (Å²) < 4.78 is 38.7. The Bertz CT molecular complexity index is 531. The van der Waals surface area contributed by atoms with Gasteiger partial charge in [-0.3, -0.25) is 0 Å². The first-order valence-corrected chi connectivity index (χ1v) is 9.51. The second kappa shape index (κ2) is 20.4. The van der Waals surface area contributed by atoms with E-state index >= 15 is 0 Å². The first kappa shape index (κ1) is 16.8. The average Bonchev–Trinajstić information content (AvgIpc) is 2.67. The number of aromatic nitrogens is 1. The molecule has 0 unspecified atom stereocenters. The van der Waals surface area contributed by atoms with Gasteiger partial charge in [0, 0.05) is 18.5 Å². The Morgan fingerprint density at radius 2 is 1.25 bits per heavy atom. The number of H-pyrrole nitrogens is 1. The van der Waals surface area contributed by atoms with E-state index in [1.54, 1.807) is 0 Å². The molecule has 0 spiro atoms. The van der Waals surface area contributed by atoms with Gasteiger partial charge < -0.3 is 17.9 Å². The number of unbranched alkanes of at least 4 members (excludes halogenated alkanes) is 13. The molecule has 1 aromatic rings. The molecule has 142 valence electrons. The summed E-state index contributed by atoms with van der Waals surface area (Å²) in [7, 11) is 0. The minimum Gasteiger partial charge on any atom is -1.00 e. The number of pyridine rings is 1. The quantitative estimate of drug-likeness (QED) is 0.431. The number of aromatic amines is 1. The van der Waals surface area contributed by atoms with E-state index in [4.69, 9.17) is 6.89 Å². The van der Waals surface area contributed by atoms with Crippen LogP contribution in [-0.4, -0.2) is 5.48 Å². The average molecular weight is 363 g/mol. The lowest BCUT2D eigenvalue weighted by Crippen LogP contribution is -3.00. The molecular weight excluding hydrogens is 318 g/mol. The van der Waals surface area contributed by atoms with E-state index in [1.165, 1.54) is 77.0 Å². The van der Waals surface area contributed by atoms with E-state index in [0.29, 0.717) is 12.1 Å². The van der Waals surface area contributed by atoms with Crippen molar-refractivity contribution in [1.82, 2.24) is 0 Å². The first-order valence-electron chi connectivity index (χ1n) is 12.0. The molecule has 3 N–H and O–H groups in total. The Morgan fingerprint density at radius 1 is 0.792 bits per heavy atom. The third-order valence-electron chi connectivity index (χ3n) is 4.28. The maximum Gasteiger partial charge on any atom is 0.453 e. The van der Waals surface area contributed by atoms with Gasteiger partial charge in [0.15, 0.2) is 11.9 Å². The monoisotopic (exact) mass is 362 g/mol. The minimum atomic E-state index is -0.334. The lowest BCUT2D eigenvalue weighted by molar-refractivity contribution is -0.390. The van der Waals surface area contributed by atoms with Crippen LogP contribution < -0.4 is 17.4 Å². The summed E-state index contributed by atoms with van der Waals surface area (Å²) in [5.74, 6) is 0. The molecule has 0 fully saturated rings. The van der Waals surface area contributed by atoms with Crippen molar-refractivity contribution in [3.05, 3.63) is 30.0 Å². The number of nitrogens with one attached hydrogen (secondary N) is 1. The van der Waals surface area contributed by atoms with Gasteiger partial charge in [0.05, 0.1) is 4.11 Å². The van der Waals surface area contributed by atoms with Crippen LogP contribution >= 0.6 is 0 Å². The Morgan fingerprint density at radius 3 is 1.75 bits per heavy atom. The lowest BCUT2D eigenvalue weighted by Gasteiger charge is -2.02. The third kappa shape index (κ3) is 16.3. The number of hydrogen-bond donors (Lipinski definition) is 0. The number of rotatable bonds is 15. The summed E-state index contributed by atoms with van der Waals surface area (Å²) in [6, 6.07) is -0.635. The number of hydrogen-bond acceptors (Lipinski definition) is 0. The van der Waals surface area contributed by atoms with Crippen LogP contribution in [0.2, 0.25) is 1.41 Å². The lowest BCUT2D eigenvalue weighted by atomic mass is 10.0. The van der Waals surface area contributed by atoms with Crippen LogP contribution in [0.15, 0.2) is 24.3 Å². The zero-order chi connectivity index (χ0) is 20.1. The minimum absolute atomic E-state index is 0. The largest absolute Gasteiger partial charge is 1.00 e. The molecule has 0 bridgehead atoms. The summed E-state index contributed by atoms with van der Waals surface area (Å²) >= 11 is 0. The normalized spacial score (nSPS) is 13.0. The van der Waals surface area contributed by atoms with Crippen molar-refractivity contribution < 1.29 is 29.8 Å². The third-order valence-corrected chi connectivity index (χ3v) is 4.28. The van der Waals surface area contributed by atoms with E-state index in [1.807, 2.05) is 0 Å². The smallest absolute Gasteiger partial charge is 0.453 e. The van der Waals surface area contributed by atoms with Gasteiger partial charge >= 0.3 is 1.41 Å². The molecular formula is C21H40ClNO. The highest BCUT2D eigenvalue weighted by molar-refractivity contribution is 4.96. The zero-order valence-corrected chi connectivity index (χ0v) is 16.2. The zero-order valence-electron chi connectivity index (χ0n) is 20.4. The van der Waals surface area contributed by atoms with Gasteiger partial charge in [0.1, 0.15) is 1.37 Å². The summed E-state index contributed by atoms with van der Waals surface area (Å²) in [5.41, 5.74) is 0.389. The summed E-state index contributed by atoms with van der Waals surface area (Å²) in [4.78, 5) is 0.852. The second-order valence-electron chi connectivity index (χ2n) is 6.39. The molecule has 0 saturated carbocycles. The molecule has 0 radical (unpaired) electrons. The summed E-state index contributed by atoms with van der Waals surface area (Å²) in [5, 5.41) is 0. The van der Waals surface area contributed by atoms with Crippen molar-refractivity contribution >= 4 is 0 Å². The van der Waals surface area contributed by atoms with Gasteiger partial charge in [0.25, 0.3) is 0 Å². The Kier molecular flexibility index (Phi) is 14.4. The van der Waals surface area contributed by atoms with Crippen molar-refractivity contribution in [2.45, 2.75) is 103 Å². The maximum absolute atomic E-state index is 7.92. The van der Waals surface area contributed by atoms with E-state index in [-0.39, 0.29) is 42.2 Å². The fraction of sp³-hybridized carbons (Fsp3) is 0.762. The van der Waals surface area contributed by atoms with Gasteiger partial charge in [-0.05, 0) is 6.42 Å². The van der Waals surface area contributed by atoms with Crippen molar-refractivity contribution in [1.29, 1.82) is 0 Å². The molecule has 0 atom stereocenters. The molecule has 1 heterocycles. The van der Waals surface area contributed by atoms with Crippen LogP contribution in [0.4, 0.5) is 0 Å². The predicted octanol–water partition coefficient (Wildman–Crippen LogP) is 2.70. The molecule has 0 aliphatic carbocycles. The molecule has 1 aromatic heterocycles. The predicted molar refractivity (Wildman–Crippen MR) is 101 cm³/mol. The highest BCUT2D eigenvalue weighted by atomic mass is 35.5. The van der Waals surface area contributed by atoms with Crippen molar-refractivity contribution in [2.75, 3.05) is 0 Å². The van der Waals surface area contributed by atoms with Gasteiger partial charge in [-0.25, -0.2) is 4.98 Å². The van der Waals surface area contributed by atoms with Crippen LogP contribution in [0, 0.1) is 0 Å². The van der Waals surface area contributed by atoms with Gasteiger partial charge in [0.2, 0.25) is 0 Å². The molecule has 1 rings (SSSR count). The molecule has 24 heavy (non-hydrogen) atoms. The Labute approximate surface area is 163 Å². The Hall–Kier alpha value is -0.600. The van der Waals surface area contributed by atoms with Crippen LogP contribution in [-0.2, 0) is 6.42 Å². The van der Waals surface area contributed by atoms with Gasteiger partial charge in [-0.2, -0.15) is 0 Å². The molecule has 0 saturated heterocycles. The molecule has 3 heteroatoms. The SMILES string of the molecule is O.[2H]c1c([2H])c([2H])[n+]([2H])c(CCCCCCCCCCCCCCCC)c1[2H].[Cl-]. The van der Waals surface area contributed by atoms with E-state index in [0.717, 1.165) is 17.8 Å². The van der Waals surface area contributed by atoms with Crippen molar-refractivity contribution in [3.63, 3.8) is 0 Å². The number of halogens is 1. The van der Waals surface area contributed by atoms with Crippen molar-refractivity contribution in [2.24, 2.45) is 0 Å². The van der Waals surface area contributed by atoms with E-state index < -0.39 is 0 Å². The maximum atomic E-state index is 7.92. The Balaban J connectivity index is 0. The van der Waals surface area contributed by atoms with Crippen molar-refractivity contribution in [3.8, 4) is 0 Å². The topological polar surface area (TPSA) is 45.6 Å². The summed E-state index contributed by atoms with van der Waals surface area (Å²) in [6.45, 7) is 2.26. The highest BCUT2D eigenvalue weighted by Gasteiger charge is 1.99. The van der Waals surface area contributed by atoms with E-state index in [2.05, 4.69) is 6.92 Å². The highest BCUT2D eigenvalue weighted by Crippen LogP contribution is 2.13. The molecule has 0 aliphatic rings. The second-order valence-corrected chi connectivity index (χ2v) is 6.39. The molecule has 0 aromatic carbocycles. The summed E-state index contributed by atoms with van der Waals surface area (Å²) in [6.07, 6.45) is 18.2. The van der Waals surface area contributed by atoms with Gasteiger partial charge in [-0.15, -0.1) is 0 Å². The first-order chi connectivity index (χ1) is 13.0. The van der Waals surface area contributed by atoms with Crippen LogP contribution in [0.25, 0.3) is 0 Å². The molecule has 2 nitrogen and oxygen atoms in total. The fourth-order valence-electron chi connectivity index (χ4n) is 2.86. The van der Waals surface area contributed by atoms with Gasteiger partial charge in [-0.1, -0.05) is 96.4 Å². The standard InChI is InChI=1S/C21H37N.ClH.H2O/c1-2-3-4-5-6-7-8-9-10-11-12-13-14-15-18-21-19-16-17-20-22-21;;/h16-17,19-20H,2-15,18H2,1H3;1H;1H2/i16D,17D,19D,20D;;/hD. The van der Waals surface area contributed by atoms with Crippen LogP contribution in [0.3, 0.4) is 0 Å². The molecule has 0 amide bonds. The fourth-order valence-corrected chi connectivity index (χ4v) is 2.86. The molecule has 0 aliphatic heterocycles. The van der Waals surface area contributed by atoms with E-state index in [9.17, 15) is 0 Å².